The molecule has 1 aromatic rings. The third kappa shape index (κ3) is 3.94. The fourth-order valence-electron chi connectivity index (χ4n) is 1.98. The van der Waals surface area contributed by atoms with Gasteiger partial charge in [-0.25, -0.2) is 0 Å². The van der Waals surface area contributed by atoms with E-state index in [2.05, 4.69) is 5.16 Å². The molecule has 1 amide bonds. The molecular formula is C12H15ClN2O5. The molecule has 110 valence electrons. The number of ether oxygens (including phenoxy) is 1. The fraction of sp³-hybridized carbons (Fsp3) is 0.583. The van der Waals surface area contributed by atoms with Gasteiger partial charge in [-0.1, -0.05) is 16.8 Å². The Morgan fingerprint density at radius 1 is 1.55 bits per heavy atom. The van der Waals surface area contributed by atoms with Crippen molar-refractivity contribution >= 4 is 23.5 Å². The van der Waals surface area contributed by atoms with Gasteiger partial charge in [-0.2, -0.15) is 0 Å². The first-order valence-electron chi connectivity index (χ1n) is 6.25. The number of amides is 1. The van der Waals surface area contributed by atoms with Crippen molar-refractivity contribution in [2.75, 3.05) is 26.3 Å². The van der Waals surface area contributed by atoms with Crippen LogP contribution in [0.5, 0.6) is 0 Å². The first-order valence-corrected chi connectivity index (χ1v) is 6.63. The van der Waals surface area contributed by atoms with Crippen molar-refractivity contribution in [3.05, 3.63) is 17.0 Å². The predicted molar refractivity (Wildman–Crippen MR) is 68.4 cm³/mol. The molecule has 2 heterocycles. The molecule has 1 atom stereocenters. The predicted octanol–water partition coefficient (Wildman–Crippen LogP) is 0.820. The fourth-order valence-corrected chi connectivity index (χ4v) is 2.14. The molecule has 20 heavy (non-hydrogen) atoms. The molecule has 1 aliphatic heterocycles. The lowest BCUT2D eigenvalue weighted by Crippen LogP contribution is -2.38. The van der Waals surface area contributed by atoms with E-state index in [0.29, 0.717) is 25.3 Å². The molecule has 1 fully saturated rings. The normalized spacial score (nSPS) is 19.6. The molecule has 1 unspecified atom stereocenters. The Bertz CT molecular complexity index is 490. The maximum atomic E-state index is 12.1. The van der Waals surface area contributed by atoms with Crippen LogP contribution in [0.25, 0.3) is 0 Å². The maximum Gasteiger partial charge on any atom is 0.310 e. The van der Waals surface area contributed by atoms with Gasteiger partial charge in [0.15, 0.2) is 5.15 Å². The number of carbonyl (C=O) groups is 2. The molecular weight excluding hydrogens is 288 g/mol. The van der Waals surface area contributed by atoms with Crippen LogP contribution in [0.2, 0.25) is 5.15 Å². The zero-order chi connectivity index (χ0) is 14.5. The summed E-state index contributed by atoms with van der Waals surface area (Å²) in [5.74, 6) is -1.23. The first-order chi connectivity index (χ1) is 9.56. The third-order valence-electron chi connectivity index (χ3n) is 3.08. The van der Waals surface area contributed by atoms with Gasteiger partial charge in [0.25, 0.3) is 0 Å². The lowest BCUT2D eigenvalue weighted by Gasteiger charge is -2.21. The second kappa shape index (κ2) is 6.71. The minimum Gasteiger partial charge on any atom is -0.481 e. The van der Waals surface area contributed by atoms with Gasteiger partial charge in [-0.15, -0.1) is 0 Å². The van der Waals surface area contributed by atoms with E-state index in [1.54, 1.807) is 6.07 Å². The van der Waals surface area contributed by atoms with Gasteiger partial charge in [0.05, 0.1) is 19.1 Å². The van der Waals surface area contributed by atoms with Crippen LogP contribution in [-0.2, 0) is 20.7 Å². The Morgan fingerprint density at radius 3 is 3.00 bits per heavy atom. The van der Waals surface area contributed by atoms with E-state index in [1.165, 1.54) is 4.90 Å². The van der Waals surface area contributed by atoms with Crippen LogP contribution in [0.4, 0.5) is 0 Å². The van der Waals surface area contributed by atoms with Crippen molar-refractivity contribution < 1.29 is 24.0 Å². The Morgan fingerprint density at radius 2 is 2.35 bits per heavy atom. The molecule has 0 aromatic carbocycles. The summed E-state index contributed by atoms with van der Waals surface area (Å²) >= 11 is 5.62. The minimum atomic E-state index is -0.952. The van der Waals surface area contributed by atoms with Gasteiger partial charge >= 0.3 is 5.97 Å². The van der Waals surface area contributed by atoms with Crippen LogP contribution in [0.3, 0.4) is 0 Å². The molecule has 8 heteroatoms. The summed E-state index contributed by atoms with van der Waals surface area (Å²) in [5, 5.41) is 12.8. The average molecular weight is 303 g/mol. The van der Waals surface area contributed by atoms with E-state index in [-0.39, 0.29) is 30.6 Å². The lowest BCUT2D eigenvalue weighted by molar-refractivity contribution is -0.144. The standard InChI is InChI=1S/C12H15ClN2O5/c13-10-5-9(20-14-10)1-2-11(16)15-3-4-19-7-8(6-15)12(17)18/h5,8H,1-4,6-7H2,(H,17,18). The molecule has 0 saturated carbocycles. The topological polar surface area (TPSA) is 92.9 Å². The number of aromatic nitrogens is 1. The molecule has 0 bridgehead atoms. The van der Waals surface area contributed by atoms with Crippen molar-refractivity contribution in [1.29, 1.82) is 0 Å². The van der Waals surface area contributed by atoms with Crippen molar-refractivity contribution in [3.8, 4) is 0 Å². The Hall–Kier alpha value is -1.60. The summed E-state index contributed by atoms with van der Waals surface area (Å²) in [4.78, 5) is 24.6. The zero-order valence-electron chi connectivity index (χ0n) is 10.7. The monoisotopic (exact) mass is 302 g/mol. The number of hydrogen-bond donors (Lipinski definition) is 1. The minimum absolute atomic E-state index is 0.130. The van der Waals surface area contributed by atoms with Crippen molar-refractivity contribution in [3.63, 3.8) is 0 Å². The summed E-state index contributed by atoms with van der Waals surface area (Å²) in [7, 11) is 0. The maximum absolute atomic E-state index is 12.1. The van der Waals surface area contributed by atoms with Gasteiger partial charge in [0.2, 0.25) is 5.91 Å². The van der Waals surface area contributed by atoms with Crippen molar-refractivity contribution in [1.82, 2.24) is 10.1 Å². The van der Waals surface area contributed by atoms with Gasteiger partial charge in [-0.3, -0.25) is 9.59 Å². The Labute approximate surface area is 120 Å². The van der Waals surface area contributed by atoms with Crippen molar-refractivity contribution in [2.24, 2.45) is 5.92 Å². The molecule has 1 aromatic heterocycles. The number of halogens is 1. The molecule has 7 nitrogen and oxygen atoms in total. The Kier molecular flexibility index (Phi) is 4.97. The second-order valence-corrected chi connectivity index (χ2v) is 4.95. The molecule has 1 saturated heterocycles. The highest BCUT2D eigenvalue weighted by molar-refractivity contribution is 6.29. The summed E-state index contributed by atoms with van der Waals surface area (Å²) < 4.78 is 10.1. The summed E-state index contributed by atoms with van der Waals surface area (Å²) in [6.45, 7) is 1.06. The lowest BCUT2D eigenvalue weighted by atomic mass is 10.1. The average Bonchev–Trinajstić information content (AvgIpc) is 2.68. The number of aryl methyl sites for hydroxylation is 1. The smallest absolute Gasteiger partial charge is 0.310 e. The highest BCUT2D eigenvalue weighted by atomic mass is 35.5. The van der Waals surface area contributed by atoms with Crippen LogP contribution in [0.1, 0.15) is 12.2 Å². The van der Waals surface area contributed by atoms with E-state index < -0.39 is 11.9 Å². The van der Waals surface area contributed by atoms with Crippen LogP contribution < -0.4 is 0 Å². The van der Waals surface area contributed by atoms with Crippen molar-refractivity contribution in [2.45, 2.75) is 12.8 Å². The van der Waals surface area contributed by atoms with Crippen LogP contribution in [-0.4, -0.2) is 53.3 Å². The van der Waals surface area contributed by atoms with E-state index in [1.807, 2.05) is 0 Å². The van der Waals surface area contributed by atoms with Gasteiger partial charge in [0.1, 0.15) is 5.76 Å². The molecule has 0 radical (unpaired) electrons. The summed E-state index contributed by atoms with van der Waals surface area (Å²) in [6, 6.07) is 1.56. The van der Waals surface area contributed by atoms with Gasteiger partial charge < -0.3 is 19.3 Å². The number of hydrogen-bond acceptors (Lipinski definition) is 5. The number of rotatable bonds is 4. The molecule has 1 aliphatic rings. The van der Waals surface area contributed by atoms with Crippen LogP contribution in [0.15, 0.2) is 10.6 Å². The number of nitrogens with zero attached hydrogens (tertiary/aromatic N) is 2. The molecule has 1 N–H and O–H groups in total. The van der Waals surface area contributed by atoms with Gasteiger partial charge in [0, 0.05) is 32.0 Å². The third-order valence-corrected chi connectivity index (χ3v) is 3.26. The quantitative estimate of drug-likeness (QED) is 0.885. The SMILES string of the molecule is O=C(O)C1COCCN(C(=O)CCc2cc(Cl)no2)C1. The molecule has 2 rings (SSSR count). The summed E-state index contributed by atoms with van der Waals surface area (Å²) in [5.41, 5.74) is 0. The van der Waals surface area contributed by atoms with E-state index in [9.17, 15) is 9.59 Å². The first kappa shape index (κ1) is 14.8. The van der Waals surface area contributed by atoms with Crippen LogP contribution in [0, 0.1) is 5.92 Å². The number of carboxylic acid groups (broad SMARTS) is 1. The number of aliphatic carboxylic acids is 1. The number of carboxylic acids is 1. The highest BCUT2D eigenvalue weighted by Crippen LogP contribution is 2.13. The van der Waals surface area contributed by atoms with E-state index >= 15 is 0 Å². The summed E-state index contributed by atoms with van der Waals surface area (Å²) in [6.07, 6.45) is 0.603. The van der Waals surface area contributed by atoms with E-state index in [0.717, 1.165) is 0 Å². The Balaban J connectivity index is 1.88. The molecule has 0 aliphatic carbocycles. The van der Waals surface area contributed by atoms with E-state index in [4.69, 9.17) is 26.0 Å². The second-order valence-electron chi connectivity index (χ2n) is 4.57. The largest absolute Gasteiger partial charge is 0.481 e. The zero-order valence-corrected chi connectivity index (χ0v) is 11.5. The number of carbonyl (C=O) groups excluding carboxylic acids is 1. The van der Waals surface area contributed by atoms with Crippen LogP contribution >= 0.6 is 11.6 Å². The highest BCUT2D eigenvalue weighted by Gasteiger charge is 2.27. The molecule has 0 spiro atoms. The van der Waals surface area contributed by atoms with Gasteiger partial charge in [-0.05, 0) is 0 Å².